The van der Waals surface area contributed by atoms with E-state index in [0.29, 0.717) is 18.3 Å². The van der Waals surface area contributed by atoms with Gasteiger partial charge in [-0.25, -0.2) is 4.68 Å². The molecule has 1 aromatic heterocycles. The lowest BCUT2D eigenvalue weighted by Gasteiger charge is -2.19. The number of nitrogen functional groups attached to an aromatic ring is 1. The molecule has 17 heavy (non-hydrogen) atoms. The van der Waals surface area contributed by atoms with Gasteiger partial charge in [-0.05, 0) is 12.8 Å². The van der Waals surface area contributed by atoms with Crippen LogP contribution < -0.4 is 5.84 Å². The van der Waals surface area contributed by atoms with E-state index < -0.39 is 0 Å². The van der Waals surface area contributed by atoms with Crippen LogP contribution in [0.4, 0.5) is 0 Å². The lowest BCUT2D eigenvalue weighted by molar-refractivity contribution is 0.200. The van der Waals surface area contributed by atoms with Crippen LogP contribution in [0, 0.1) is 0 Å². The van der Waals surface area contributed by atoms with Crippen molar-refractivity contribution in [1.29, 1.82) is 0 Å². The molecule has 1 fully saturated rings. The molecular weight excluding hydrogens is 236 g/mol. The summed E-state index contributed by atoms with van der Waals surface area (Å²) >= 11 is 1.77. The van der Waals surface area contributed by atoms with Gasteiger partial charge in [0.2, 0.25) is 5.16 Å². The number of nitrogens with zero attached hydrogens (tertiary/aromatic N) is 3. The molecule has 0 spiro atoms. The van der Waals surface area contributed by atoms with Crippen LogP contribution in [0.2, 0.25) is 0 Å². The number of nitrogens with two attached hydrogens (primary N) is 1. The van der Waals surface area contributed by atoms with Gasteiger partial charge in [0.15, 0.2) is 5.82 Å². The van der Waals surface area contributed by atoms with Crippen LogP contribution in [-0.2, 0) is 11.2 Å². The van der Waals surface area contributed by atoms with Crippen LogP contribution in [0.1, 0.15) is 37.9 Å². The van der Waals surface area contributed by atoms with Crippen molar-refractivity contribution in [3.63, 3.8) is 0 Å². The summed E-state index contributed by atoms with van der Waals surface area (Å²) in [5, 5.41) is 9.76. The van der Waals surface area contributed by atoms with Crippen LogP contribution in [0.3, 0.4) is 0 Å². The van der Waals surface area contributed by atoms with E-state index in [1.165, 1.54) is 32.1 Å². The van der Waals surface area contributed by atoms with Gasteiger partial charge in [-0.2, -0.15) is 0 Å². The number of thioether (sulfide) groups is 1. The molecule has 1 aliphatic rings. The lowest BCUT2D eigenvalue weighted by Crippen LogP contribution is -2.17. The molecule has 1 aliphatic carbocycles. The van der Waals surface area contributed by atoms with E-state index >= 15 is 0 Å². The van der Waals surface area contributed by atoms with E-state index in [9.17, 15) is 0 Å². The maximum atomic E-state index is 5.98. The summed E-state index contributed by atoms with van der Waals surface area (Å²) in [5.74, 6) is 6.77. The molecule has 6 heteroatoms. The molecule has 1 aromatic rings. The van der Waals surface area contributed by atoms with Crippen molar-refractivity contribution >= 4 is 11.8 Å². The number of methoxy groups -OCH3 is 1. The molecular formula is C11H20N4OS. The van der Waals surface area contributed by atoms with Gasteiger partial charge in [-0.15, -0.1) is 10.2 Å². The zero-order valence-corrected chi connectivity index (χ0v) is 11.1. The number of ether oxygens (including phenoxy) is 1. The van der Waals surface area contributed by atoms with Gasteiger partial charge >= 0.3 is 0 Å². The highest BCUT2D eigenvalue weighted by molar-refractivity contribution is 7.99. The normalized spacial score (nSPS) is 17.5. The van der Waals surface area contributed by atoms with Crippen molar-refractivity contribution in [2.75, 3.05) is 19.6 Å². The molecule has 0 aliphatic heterocycles. The zero-order chi connectivity index (χ0) is 12.1. The first-order valence-corrected chi connectivity index (χ1v) is 7.04. The largest absolute Gasteiger partial charge is 0.384 e. The maximum Gasteiger partial charge on any atom is 0.210 e. The van der Waals surface area contributed by atoms with Crippen molar-refractivity contribution in [2.45, 2.75) is 48.9 Å². The molecule has 1 saturated carbocycles. The third-order valence-electron chi connectivity index (χ3n) is 3.09. The van der Waals surface area contributed by atoms with Gasteiger partial charge in [-0.1, -0.05) is 31.0 Å². The van der Waals surface area contributed by atoms with E-state index in [2.05, 4.69) is 10.2 Å². The van der Waals surface area contributed by atoms with Crippen molar-refractivity contribution < 1.29 is 4.74 Å². The average Bonchev–Trinajstić information content (AvgIpc) is 2.70. The van der Waals surface area contributed by atoms with Gasteiger partial charge in [0.1, 0.15) is 0 Å². The summed E-state index contributed by atoms with van der Waals surface area (Å²) in [5.41, 5.74) is 0. The quantitative estimate of drug-likeness (QED) is 0.811. The van der Waals surface area contributed by atoms with Gasteiger partial charge in [0.05, 0.1) is 6.61 Å². The fraction of sp³-hybridized carbons (Fsp3) is 0.818. The molecule has 0 aromatic carbocycles. The highest BCUT2D eigenvalue weighted by Gasteiger charge is 2.18. The van der Waals surface area contributed by atoms with Crippen LogP contribution >= 0.6 is 11.8 Å². The van der Waals surface area contributed by atoms with E-state index in [1.54, 1.807) is 23.5 Å². The van der Waals surface area contributed by atoms with Gasteiger partial charge in [0.25, 0.3) is 0 Å². The number of hydrogen-bond donors (Lipinski definition) is 1. The minimum atomic E-state index is 0.628. The summed E-state index contributed by atoms with van der Waals surface area (Å²) in [6, 6.07) is 0. The molecule has 0 radical (unpaired) electrons. The highest BCUT2D eigenvalue weighted by Crippen LogP contribution is 2.32. The number of hydrogen-bond acceptors (Lipinski definition) is 5. The number of rotatable bonds is 5. The van der Waals surface area contributed by atoms with E-state index in [-0.39, 0.29) is 0 Å². The molecule has 96 valence electrons. The van der Waals surface area contributed by atoms with Crippen molar-refractivity contribution in [3.8, 4) is 0 Å². The Labute approximate surface area is 106 Å². The molecule has 0 bridgehead atoms. The maximum absolute atomic E-state index is 5.98. The highest BCUT2D eigenvalue weighted by atomic mass is 32.2. The molecule has 2 N–H and O–H groups in total. The van der Waals surface area contributed by atoms with Gasteiger partial charge in [-0.3, -0.25) is 0 Å². The standard InChI is InChI=1S/C11H20N4OS/c1-16-8-7-10-13-14-11(15(10)12)17-9-5-3-2-4-6-9/h9H,2-8,12H2,1H3. The Balaban J connectivity index is 1.93. The van der Waals surface area contributed by atoms with Crippen molar-refractivity contribution in [3.05, 3.63) is 5.82 Å². The molecule has 0 amide bonds. The molecule has 5 nitrogen and oxygen atoms in total. The minimum absolute atomic E-state index is 0.628. The Bertz CT molecular complexity index is 349. The summed E-state index contributed by atoms with van der Waals surface area (Å²) in [7, 11) is 1.68. The van der Waals surface area contributed by atoms with Crippen LogP contribution in [0.25, 0.3) is 0 Å². The topological polar surface area (TPSA) is 66.0 Å². The third-order valence-corrected chi connectivity index (χ3v) is 4.38. The van der Waals surface area contributed by atoms with E-state index in [0.717, 1.165) is 11.0 Å². The second-order valence-electron chi connectivity index (χ2n) is 4.39. The Morgan fingerprint density at radius 1 is 1.35 bits per heavy atom. The average molecular weight is 256 g/mol. The van der Waals surface area contributed by atoms with Crippen LogP contribution in [0.15, 0.2) is 5.16 Å². The predicted octanol–water partition coefficient (Wildman–Crippen LogP) is 1.61. The van der Waals surface area contributed by atoms with Crippen molar-refractivity contribution in [1.82, 2.24) is 14.9 Å². The fourth-order valence-corrected chi connectivity index (χ4v) is 3.26. The summed E-state index contributed by atoms with van der Waals surface area (Å²) in [6.07, 6.45) is 7.27. The monoisotopic (exact) mass is 256 g/mol. The fourth-order valence-electron chi connectivity index (χ4n) is 2.08. The van der Waals surface area contributed by atoms with E-state index in [4.69, 9.17) is 10.6 Å². The SMILES string of the molecule is COCCc1nnc(SC2CCCCC2)n1N. The Morgan fingerprint density at radius 3 is 2.82 bits per heavy atom. The van der Waals surface area contributed by atoms with Crippen LogP contribution in [0.5, 0.6) is 0 Å². The zero-order valence-electron chi connectivity index (χ0n) is 10.3. The first-order chi connectivity index (χ1) is 8.31. The van der Waals surface area contributed by atoms with E-state index in [1.807, 2.05) is 0 Å². The van der Waals surface area contributed by atoms with Gasteiger partial charge < -0.3 is 10.6 Å². The summed E-state index contributed by atoms with van der Waals surface area (Å²) < 4.78 is 6.63. The summed E-state index contributed by atoms with van der Waals surface area (Å²) in [6.45, 7) is 0.628. The van der Waals surface area contributed by atoms with Crippen LogP contribution in [-0.4, -0.2) is 33.8 Å². The Hall–Kier alpha value is -0.750. The van der Waals surface area contributed by atoms with Crippen molar-refractivity contribution in [2.24, 2.45) is 0 Å². The first-order valence-electron chi connectivity index (χ1n) is 6.16. The Kier molecular flexibility index (Phi) is 4.67. The predicted molar refractivity (Wildman–Crippen MR) is 68.5 cm³/mol. The third kappa shape index (κ3) is 3.35. The second-order valence-corrected chi connectivity index (χ2v) is 5.66. The molecule has 0 atom stereocenters. The first kappa shape index (κ1) is 12.7. The molecule has 0 unspecified atom stereocenters. The molecule has 1 heterocycles. The van der Waals surface area contributed by atoms with Gasteiger partial charge in [0, 0.05) is 18.8 Å². The minimum Gasteiger partial charge on any atom is -0.384 e. The second kappa shape index (κ2) is 6.26. The molecule has 0 saturated heterocycles. The number of aromatic nitrogens is 3. The smallest absolute Gasteiger partial charge is 0.210 e. The Morgan fingerprint density at radius 2 is 2.12 bits per heavy atom. The molecule has 2 rings (SSSR count). The lowest BCUT2D eigenvalue weighted by atomic mass is 10.0. The summed E-state index contributed by atoms with van der Waals surface area (Å²) in [4.78, 5) is 0.